The summed E-state index contributed by atoms with van der Waals surface area (Å²) < 4.78 is 66.7. The lowest BCUT2D eigenvalue weighted by atomic mass is 9.95. The van der Waals surface area contributed by atoms with Crippen LogP contribution < -0.4 is 20.7 Å². The van der Waals surface area contributed by atoms with Crippen LogP contribution in [0.1, 0.15) is 38.5 Å². The fourth-order valence-corrected chi connectivity index (χ4v) is 7.13. The van der Waals surface area contributed by atoms with Crippen LogP contribution in [0.2, 0.25) is 0 Å². The summed E-state index contributed by atoms with van der Waals surface area (Å²) in [6.45, 7) is 3.67. The first-order valence-corrected chi connectivity index (χ1v) is 13.6. The van der Waals surface area contributed by atoms with Gasteiger partial charge in [-0.15, -0.1) is 0 Å². The van der Waals surface area contributed by atoms with Crippen LogP contribution in [0.3, 0.4) is 0 Å². The number of hydrogen-bond donors (Lipinski definition) is 2. The predicted octanol–water partition coefficient (Wildman–Crippen LogP) is 4.38. The number of halogens is 4. The van der Waals surface area contributed by atoms with Crippen LogP contribution in [0.4, 0.5) is 29.1 Å². The number of nitrogen functional groups attached to an aromatic ring is 1. The molecule has 3 N–H and O–H groups in total. The van der Waals surface area contributed by atoms with E-state index in [1.54, 1.807) is 0 Å². The zero-order valence-corrected chi connectivity index (χ0v) is 21.5. The number of anilines is 2. The molecule has 4 fully saturated rings. The Morgan fingerprint density at radius 3 is 2.38 bits per heavy atom. The summed E-state index contributed by atoms with van der Waals surface area (Å²) in [6, 6.07) is 3.39. The van der Waals surface area contributed by atoms with E-state index in [9.17, 15) is 8.78 Å². The number of aromatic nitrogens is 2. The molecule has 0 amide bonds. The number of ether oxygens (including phenoxy) is 1. The lowest BCUT2D eigenvalue weighted by Gasteiger charge is -2.34. The lowest BCUT2D eigenvalue weighted by molar-refractivity contribution is 0.108. The highest BCUT2D eigenvalue weighted by atomic mass is 19.2. The van der Waals surface area contributed by atoms with Crippen molar-refractivity contribution < 1.29 is 22.3 Å². The van der Waals surface area contributed by atoms with Crippen molar-refractivity contribution in [2.75, 3.05) is 43.4 Å². The largest absolute Gasteiger partial charge is 0.461 e. The zero-order chi connectivity index (χ0) is 26.9. The van der Waals surface area contributed by atoms with E-state index in [1.165, 1.54) is 0 Å². The van der Waals surface area contributed by atoms with Crippen molar-refractivity contribution in [3.05, 3.63) is 41.5 Å². The third-order valence-corrected chi connectivity index (χ3v) is 8.96. The summed E-state index contributed by atoms with van der Waals surface area (Å²) in [7, 11) is 0. The van der Waals surface area contributed by atoms with Crippen molar-refractivity contribution in [2.45, 2.75) is 56.1 Å². The van der Waals surface area contributed by atoms with E-state index in [4.69, 9.17) is 10.5 Å². The van der Waals surface area contributed by atoms with E-state index in [0.717, 1.165) is 69.8 Å². The average Bonchev–Trinajstić information content (AvgIpc) is 3.59. The van der Waals surface area contributed by atoms with Crippen LogP contribution in [0.5, 0.6) is 6.01 Å². The fourth-order valence-electron chi connectivity index (χ4n) is 7.13. The zero-order valence-electron chi connectivity index (χ0n) is 21.5. The highest BCUT2D eigenvalue weighted by Crippen LogP contribution is 2.41. The highest BCUT2D eigenvalue weighted by Gasteiger charge is 2.45. The molecule has 2 aromatic carbocycles. The molecular formula is C28H30F4N6O. The van der Waals surface area contributed by atoms with E-state index >= 15 is 8.78 Å². The Morgan fingerprint density at radius 2 is 1.67 bits per heavy atom. The molecule has 0 spiro atoms. The molecule has 4 aliphatic rings. The van der Waals surface area contributed by atoms with Gasteiger partial charge in [-0.3, -0.25) is 4.90 Å². The molecule has 1 aromatic heterocycles. The Balaban J connectivity index is 1.36. The Bertz CT molecular complexity index is 1450. The number of nitrogens with one attached hydrogen (secondary N) is 1. The Labute approximate surface area is 223 Å². The average molecular weight is 543 g/mol. The molecule has 3 aromatic rings. The van der Waals surface area contributed by atoms with Gasteiger partial charge in [0.15, 0.2) is 17.5 Å². The third kappa shape index (κ3) is 4.09. The molecule has 0 radical (unpaired) electrons. The molecule has 7 nitrogen and oxygen atoms in total. The summed E-state index contributed by atoms with van der Waals surface area (Å²) in [5, 5.41) is 3.71. The Kier molecular flexibility index (Phi) is 5.85. The highest BCUT2D eigenvalue weighted by molar-refractivity contribution is 5.94. The maximum atomic E-state index is 16.2. The van der Waals surface area contributed by atoms with Crippen molar-refractivity contribution in [2.24, 2.45) is 0 Å². The van der Waals surface area contributed by atoms with Crippen LogP contribution in [-0.2, 0) is 0 Å². The number of benzene rings is 2. The van der Waals surface area contributed by atoms with Crippen molar-refractivity contribution in [1.82, 2.24) is 20.2 Å². The molecule has 4 aliphatic heterocycles. The fraction of sp³-hybridized carbons (Fsp3) is 0.500. The number of rotatable bonds is 5. The van der Waals surface area contributed by atoms with Crippen molar-refractivity contribution in [1.29, 1.82) is 0 Å². The number of piperazine rings is 1. The van der Waals surface area contributed by atoms with Gasteiger partial charge in [0.2, 0.25) is 0 Å². The van der Waals surface area contributed by atoms with E-state index in [-0.39, 0.29) is 40.2 Å². The third-order valence-electron chi connectivity index (χ3n) is 8.96. The molecule has 11 heteroatoms. The number of nitrogens with two attached hydrogens (primary N) is 1. The monoisotopic (exact) mass is 542 g/mol. The van der Waals surface area contributed by atoms with Gasteiger partial charge >= 0.3 is 6.01 Å². The summed E-state index contributed by atoms with van der Waals surface area (Å²) in [4.78, 5) is 13.5. The van der Waals surface area contributed by atoms with Gasteiger partial charge in [0, 0.05) is 41.8 Å². The molecular weight excluding hydrogens is 512 g/mol. The van der Waals surface area contributed by atoms with Crippen LogP contribution in [0, 0.1) is 23.3 Å². The molecule has 4 saturated heterocycles. The summed E-state index contributed by atoms with van der Waals surface area (Å²) in [5.74, 6) is -4.45. The van der Waals surface area contributed by atoms with Gasteiger partial charge in [-0.1, -0.05) is 0 Å². The topological polar surface area (TPSA) is 79.5 Å². The van der Waals surface area contributed by atoms with E-state index in [2.05, 4.69) is 20.2 Å². The molecule has 39 heavy (non-hydrogen) atoms. The van der Waals surface area contributed by atoms with E-state index < -0.39 is 34.4 Å². The lowest BCUT2D eigenvalue weighted by Crippen LogP contribution is -2.51. The number of nitrogens with zero attached hydrogens (tertiary/aromatic N) is 4. The van der Waals surface area contributed by atoms with Gasteiger partial charge in [-0.05, 0) is 69.8 Å². The first kappa shape index (κ1) is 24.8. The van der Waals surface area contributed by atoms with Crippen LogP contribution in [-0.4, -0.2) is 65.3 Å². The maximum Gasteiger partial charge on any atom is 0.319 e. The molecule has 2 unspecified atom stereocenters. The van der Waals surface area contributed by atoms with Crippen LogP contribution in [0.25, 0.3) is 22.0 Å². The molecule has 0 saturated carbocycles. The molecule has 2 atom stereocenters. The van der Waals surface area contributed by atoms with Gasteiger partial charge in [0.1, 0.15) is 23.8 Å². The van der Waals surface area contributed by atoms with Gasteiger partial charge in [0.05, 0.1) is 11.1 Å². The number of fused-ring (bicyclic) bond motifs is 4. The Morgan fingerprint density at radius 1 is 0.949 bits per heavy atom. The van der Waals surface area contributed by atoms with Gasteiger partial charge < -0.3 is 20.7 Å². The summed E-state index contributed by atoms with van der Waals surface area (Å²) in [6.07, 6.45) is 6.24. The van der Waals surface area contributed by atoms with Gasteiger partial charge in [0.25, 0.3) is 0 Å². The molecule has 7 rings (SSSR count). The minimum atomic E-state index is -1.38. The minimum Gasteiger partial charge on any atom is -0.461 e. The second-order valence-electron chi connectivity index (χ2n) is 11.4. The molecule has 5 heterocycles. The second-order valence-corrected chi connectivity index (χ2v) is 11.4. The van der Waals surface area contributed by atoms with Crippen molar-refractivity contribution >= 4 is 22.4 Å². The van der Waals surface area contributed by atoms with Gasteiger partial charge in [-0.25, -0.2) is 17.6 Å². The molecule has 206 valence electrons. The molecule has 0 aliphatic carbocycles. The first-order valence-electron chi connectivity index (χ1n) is 13.6. The summed E-state index contributed by atoms with van der Waals surface area (Å²) >= 11 is 0. The predicted molar refractivity (Wildman–Crippen MR) is 140 cm³/mol. The van der Waals surface area contributed by atoms with Crippen molar-refractivity contribution in [3.63, 3.8) is 0 Å². The summed E-state index contributed by atoms with van der Waals surface area (Å²) in [5.41, 5.74) is 3.93. The molecule has 2 bridgehead atoms. The van der Waals surface area contributed by atoms with Crippen molar-refractivity contribution in [3.8, 4) is 17.1 Å². The normalized spacial score (nSPS) is 24.1. The number of hydrogen-bond acceptors (Lipinski definition) is 7. The first-order chi connectivity index (χ1) is 18.8. The van der Waals surface area contributed by atoms with Crippen LogP contribution in [0.15, 0.2) is 18.2 Å². The Hall–Kier alpha value is -3.18. The second kappa shape index (κ2) is 9.19. The van der Waals surface area contributed by atoms with Crippen LogP contribution >= 0.6 is 0 Å². The SMILES string of the molecule is Nc1cc(F)c(F)c(-c2c(F)cc3c(N4CC5CCC(C4)N5)nc(OCC45CCCN4CCC5)nc3c2F)c1. The van der Waals surface area contributed by atoms with E-state index in [1.807, 2.05) is 4.90 Å². The van der Waals surface area contributed by atoms with E-state index in [0.29, 0.717) is 25.5 Å². The quantitative estimate of drug-likeness (QED) is 0.366. The smallest absolute Gasteiger partial charge is 0.319 e. The minimum absolute atomic E-state index is 0.00723. The standard InChI is InChI=1S/C28H30F4N6O/c29-20-11-19-25(24(32)22(20)18-9-15(33)10-21(30)23(18)31)35-27(39-14-28-5-1-7-38(28)8-2-6-28)36-26(19)37-12-16-3-4-17(13-37)34-16/h9-11,16-17,34H,1-8,12-14,33H2. The maximum absolute atomic E-state index is 16.2. The van der Waals surface area contributed by atoms with Gasteiger partial charge in [-0.2, -0.15) is 9.97 Å².